The molecule has 1 amide bonds. The lowest BCUT2D eigenvalue weighted by molar-refractivity contribution is -0.303. The van der Waals surface area contributed by atoms with Crippen molar-refractivity contribution in [3.8, 4) is 0 Å². The lowest BCUT2D eigenvalue weighted by Gasteiger charge is -2.40. The average molecular weight is 1020 g/mol. The van der Waals surface area contributed by atoms with E-state index in [1.807, 2.05) is 0 Å². The molecule has 1 saturated heterocycles. The standard InChI is InChI=1S/C61H115NO10/c1-3-5-7-9-11-13-15-17-19-21-23-25-26-27-28-29-31-32-34-36-38-40-42-44-46-48-53(64)56(66)52(51-71-61-59(69)58(68)57(67)55(50-63)72-61)62-60(70)54(65)49-47-45-43-41-39-37-35-33-30-24-22-20-18-16-14-12-10-8-6-4-2/h27-28,32,34,40,42,52-59,61,63-69H,3-26,29-31,33,35-39,41,43-51H2,1-2H3,(H,62,70)/b28-27+,34-32+,42-40+. The van der Waals surface area contributed by atoms with Crippen LogP contribution in [0.2, 0.25) is 0 Å². The van der Waals surface area contributed by atoms with Crippen LogP contribution < -0.4 is 5.32 Å². The second-order valence-electron chi connectivity index (χ2n) is 21.4. The number of hydrogen-bond acceptors (Lipinski definition) is 10. The van der Waals surface area contributed by atoms with E-state index in [4.69, 9.17) is 9.47 Å². The largest absolute Gasteiger partial charge is 0.394 e. The van der Waals surface area contributed by atoms with Gasteiger partial charge in [-0.15, -0.1) is 0 Å². The Labute approximate surface area is 441 Å². The van der Waals surface area contributed by atoms with Crippen LogP contribution >= 0.6 is 0 Å². The van der Waals surface area contributed by atoms with Gasteiger partial charge in [-0.05, 0) is 64.2 Å². The quantitative estimate of drug-likeness (QED) is 0.0215. The number of nitrogens with one attached hydrogen (secondary N) is 1. The molecule has 0 bridgehead atoms. The zero-order valence-electron chi connectivity index (χ0n) is 46.4. The van der Waals surface area contributed by atoms with E-state index in [1.165, 1.54) is 186 Å². The molecule has 1 aliphatic rings. The summed E-state index contributed by atoms with van der Waals surface area (Å²) in [5.74, 6) is -0.708. The first-order chi connectivity index (χ1) is 35.2. The van der Waals surface area contributed by atoms with Gasteiger partial charge in [-0.2, -0.15) is 0 Å². The third-order valence-corrected chi connectivity index (χ3v) is 14.7. The maximum Gasteiger partial charge on any atom is 0.249 e. The molecule has 0 radical (unpaired) electrons. The second-order valence-corrected chi connectivity index (χ2v) is 21.4. The van der Waals surface area contributed by atoms with E-state index < -0.39 is 74.2 Å². The predicted octanol–water partition coefficient (Wildman–Crippen LogP) is 13.1. The van der Waals surface area contributed by atoms with Crippen LogP contribution in [0.25, 0.3) is 0 Å². The van der Waals surface area contributed by atoms with Gasteiger partial charge in [-0.25, -0.2) is 0 Å². The fourth-order valence-corrected chi connectivity index (χ4v) is 9.71. The highest BCUT2D eigenvalue weighted by molar-refractivity contribution is 5.80. The summed E-state index contributed by atoms with van der Waals surface area (Å²) in [4.78, 5) is 13.2. The van der Waals surface area contributed by atoms with Gasteiger partial charge in [0.1, 0.15) is 36.6 Å². The van der Waals surface area contributed by atoms with Gasteiger partial charge in [-0.1, -0.05) is 249 Å². The number of ether oxygens (including phenoxy) is 2. The Bertz CT molecular complexity index is 1260. The van der Waals surface area contributed by atoms with Crippen molar-refractivity contribution >= 4 is 5.91 Å². The number of unbranched alkanes of at least 4 members (excludes halogenated alkanes) is 34. The van der Waals surface area contributed by atoms with Crippen molar-refractivity contribution in [3.63, 3.8) is 0 Å². The molecule has 9 unspecified atom stereocenters. The van der Waals surface area contributed by atoms with E-state index in [-0.39, 0.29) is 12.8 Å². The number of amides is 1. The van der Waals surface area contributed by atoms with Crippen LogP contribution in [-0.2, 0) is 14.3 Å². The van der Waals surface area contributed by atoms with Crippen LogP contribution in [0, 0.1) is 0 Å². The van der Waals surface area contributed by atoms with Gasteiger partial charge in [0.25, 0.3) is 0 Å². The molecule has 0 aliphatic carbocycles. The molecule has 9 atom stereocenters. The summed E-state index contributed by atoms with van der Waals surface area (Å²) in [5.41, 5.74) is 0. The van der Waals surface area contributed by atoms with Crippen LogP contribution in [0.4, 0.5) is 0 Å². The van der Waals surface area contributed by atoms with Crippen LogP contribution in [0.5, 0.6) is 0 Å². The molecule has 0 aromatic carbocycles. The summed E-state index contributed by atoms with van der Waals surface area (Å²) in [5, 5.41) is 76.2. The SMILES string of the molecule is CCCCCCCCCCCCCC/C=C/CC/C=C/CC/C=C/CCCC(O)C(O)C(COC1OC(CO)C(O)C(O)C1O)NC(=O)C(O)CCCCCCCCCCCCCCCCCCCCCC. The first-order valence-corrected chi connectivity index (χ1v) is 30.4. The topological polar surface area (TPSA) is 189 Å². The van der Waals surface area contributed by atoms with Gasteiger partial charge in [0.15, 0.2) is 6.29 Å². The minimum Gasteiger partial charge on any atom is -0.394 e. The van der Waals surface area contributed by atoms with Crippen molar-refractivity contribution in [1.82, 2.24) is 5.32 Å². The highest BCUT2D eigenvalue weighted by Gasteiger charge is 2.44. The molecular formula is C61H115NO10. The van der Waals surface area contributed by atoms with Crippen LogP contribution in [0.3, 0.4) is 0 Å². The van der Waals surface area contributed by atoms with E-state index in [9.17, 15) is 40.5 Å². The number of carbonyl (C=O) groups is 1. The minimum atomic E-state index is -1.67. The molecule has 11 heteroatoms. The Morgan fingerprint density at radius 3 is 1.24 bits per heavy atom. The maximum absolute atomic E-state index is 13.2. The van der Waals surface area contributed by atoms with Gasteiger partial charge in [-0.3, -0.25) is 4.79 Å². The smallest absolute Gasteiger partial charge is 0.249 e. The van der Waals surface area contributed by atoms with E-state index >= 15 is 0 Å². The Morgan fingerprint density at radius 2 is 0.833 bits per heavy atom. The van der Waals surface area contributed by atoms with E-state index in [1.54, 1.807) is 0 Å². The van der Waals surface area contributed by atoms with Crippen molar-refractivity contribution in [1.29, 1.82) is 0 Å². The van der Waals surface area contributed by atoms with Gasteiger partial charge < -0.3 is 50.5 Å². The summed E-state index contributed by atoms with van der Waals surface area (Å²) in [6.07, 6.45) is 50.6. The fourth-order valence-electron chi connectivity index (χ4n) is 9.71. The van der Waals surface area contributed by atoms with Crippen LogP contribution in [0.15, 0.2) is 36.5 Å². The average Bonchev–Trinajstić information content (AvgIpc) is 3.38. The summed E-state index contributed by atoms with van der Waals surface area (Å²) < 4.78 is 11.1. The molecule has 0 spiro atoms. The van der Waals surface area contributed by atoms with Gasteiger partial charge in [0.2, 0.25) is 5.91 Å². The molecule has 72 heavy (non-hydrogen) atoms. The van der Waals surface area contributed by atoms with E-state index in [0.717, 1.165) is 44.9 Å². The summed E-state index contributed by atoms with van der Waals surface area (Å²) in [7, 11) is 0. The molecule has 0 aromatic rings. The summed E-state index contributed by atoms with van der Waals surface area (Å²) >= 11 is 0. The second kappa shape index (κ2) is 50.2. The molecule has 8 N–H and O–H groups in total. The molecule has 1 aliphatic heterocycles. The third-order valence-electron chi connectivity index (χ3n) is 14.7. The minimum absolute atomic E-state index is 0.243. The highest BCUT2D eigenvalue weighted by Crippen LogP contribution is 2.23. The number of hydrogen-bond donors (Lipinski definition) is 8. The Hall–Kier alpha value is -1.67. The zero-order valence-corrected chi connectivity index (χ0v) is 46.4. The highest BCUT2D eigenvalue weighted by atomic mass is 16.7. The number of carbonyl (C=O) groups excluding carboxylic acids is 1. The van der Waals surface area contributed by atoms with Crippen LogP contribution in [0.1, 0.15) is 277 Å². The molecule has 1 heterocycles. The molecular weight excluding hydrogens is 907 g/mol. The number of allylic oxidation sites excluding steroid dienone is 6. The van der Waals surface area contributed by atoms with Crippen molar-refractivity contribution < 1.29 is 50.0 Å². The number of aliphatic hydroxyl groups excluding tert-OH is 7. The Morgan fingerprint density at radius 1 is 0.472 bits per heavy atom. The first-order valence-electron chi connectivity index (χ1n) is 30.4. The Balaban J connectivity index is 2.33. The maximum atomic E-state index is 13.2. The molecule has 0 aromatic heterocycles. The van der Waals surface area contributed by atoms with Crippen molar-refractivity contribution in [2.75, 3.05) is 13.2 Å². The van der Waals surface area contributed by atoms with Gasteiger partial charge in [0.05, 0.1) is 25.4 Å². The van der Waals surface area contributed by atoms with Crippen molar-refractivity contribution in [2.24, 2.45) is 0 Å². The molecule has 0 saturated carbocycles. The van der Waals surface area contributed by atoms with Gasteiger partial charge in [0, 0.05) is 0 Å². The van der Waals surface area contributed by atoms with E-state index in [2.05, 4.69) is 55.6 Å². The van der Waals surface area contributed by atoms with Gasteiger partial charge >= 0.3 is 0 Å². The molecule has 424 valence electrons. The monoisotopic (exact) mass is 1020 g/mol. The van der Waals surface area contributed by atoms with Crippen molar-refractivity contribution in [2.45, 2.75) is 332 Å². The number of aliphatic hydroxyl groups is 7. The first kappa shape index (κ1) is 68.3. The van der Waals surface area contributed by atoms with Crippen molar-refractivity contribution in [3.05, 3.63) is 36.5 Å². The third kappa shape index (κ3) is 38.0. The summed E-state index contributed by atoms with van der Waals surface area (Å²) in [6, 6.07) is -1.19. The molecule has 1 fully saturated rings. The predicted molar refractivity (Wildman–Crippen MR) is 298 cm³/mol. The molecule has 1 rings (SSSR count). The molecule has 11 nitrogen and oxygen atoms in total. The van der Waals surface area contributed by atoms with E-state index in [0.29, 0.717) is 19.3 Å². The summed E-state index contributed by atoms with van der Waals surface area (Å²) in [6.45, 7) is 3.47. The fraction of sp³-hybridized carbons (Fsp3) is 0.885. The normalized spacial score (nSPS) is 20.3. The number of rotatable bonds is 52. The zero-order chi connectivity index (χ0) is 52.5. The lowest BCUT2D eigenvalue weighted by atomic mass is 9.98. The lowest BCUT2D eigenvalue weighted by Crippen LogP contribution is -2.60. The Kier molecular flexibility index (Phi) is 47.6. The van der Waals surface area contributed by atoms with Crippen LogP contribution in [-0.4, -0.2) is 110 Å².